The zero-order chi connectivity index (χ0) is 42.7. The predicted octanol–water partition coefficient (Wildman–Crippen LogP) is 15.8. The maximum absolute atomic E-state index is 2.64. The highest BCUT2D eigenvalue weighted by molar-refractivity contribution is 7.30. The van der Waals surface area contributed by atoms with Crippen LogP contribution in [0, 0.1) is 0 Å². The minimum absolute atomic E-state index is 0.0511. The Hall–Kier alpha value is -4.40. The molecule has 0 saturated heterocycles. The summed E-state index contributed by atoms with van der Waals surface area (Å²) < 4.78 is 5.42. The third kappa shape index (κ3) is 6.12. The molecule has 6 heterocycles. The molecule has 4 aromatic heterocycles. The Morgan fingerprint density at radius 2 is 0.738 bits per heavy atom. The standard InChI is InChI=1S/C54H53BN2S4/c1-51(2,3)32-18-16-30-24-44(58-40(30)26-32)56-38-14-13-15-39-48(38)55(46-36-22-20-34(53(7,8)9)28-42(36)60-49(46)56)47-37-23-21-35(54(10,11)12)29-43(37)61-50(47)57(39)45-25-31-17-19-33(52(4,5)6)27-41(31)59-45/h13-29H,1-12H3. The lowest BCUT2D eigenvalue weighted by molar-refractivity contribution is 0.591. The number of hydrogen-bond donors (Lipinski definition) is 0. The van der Waals surface area contributed by atoms with E-state index in [-0.39, 0.29) is 28.4 Å². The van der Waals surface area contributed by atoms with Crippen LogP contribution in [0.5, 0.6) is 0 Å². The summed E-state index contributed by atoms with van der Waals surface area (Å²) in [5, 5.41) is 10.6. The predicted molar refractivity (Wildman–Crippen MR) is 277 cm³/mol. The number of benzene rings is 5. The van der Waals surface area contributed by atoms with Crippen LogP contribution in [0.25, 0.3) is 40.3 Å². The number of thiophene rings is 4. The van der Waals surface area contributed by atoms with Gasteiger partial charge in [-0.05, 0) is 130 Å². The molecule has 0 N–H and O–H groups in total. The van der Waals surface area contributed by atoms with Gasteiger partial charge < -0.3 is 0 Å². The van der Waals surface area contributed by atoms with Crippen LogP contribution in [0.1, 0.15) is 105 Å². The van der Waals surface area contributed by atoms with Gasteiger partial charge in [-0.15, -0.1) is 45.3 Å². The average molecular weight is 869 g/mol. The van der Waals surface area contributed by atoms with Gasteiger partial charge in [0.05, 0.1) is 10.0 Å². The Morgan fingerprint density at radius 3 is 1.11 bits per heavy atom. The summed E-state index contributed by atoms with van der Waals surface area (Å²) in [4.78, 5) is 5.28. The summed E-state index contributed by atoms with van der Waals surface area (Å²) in [6.07, 6.45) is 0. The highest BCUT2D eigenvalue weighted by Crippen LogP contribution is 2.53. The van der Waals surface area contributed by atoms with Crippen molar-refractivity contribution < 1.29 is 0 Å². The van der Waals surface area contributed by atoms with E-state index in [9.17, 15) is 0 Å². The molecular formula is C54H53BN2S4. The number of fused-ring (bicyclic) bond motifs is 10. The summed E-state index contributed by atoms with van der Waals surface area (Å²) >= 11 is 7.82. The first kappa shape index (κ1) is 39.5. The number of nitrogens with zero attached hydrogens (tertiary/aromatic N) is 2. The minimum Gasteiger partial charge on any atom is -0.294 e. The van der Waals surface area contributed by atoms with Crippen molar-refractivity contribution in [2.24, 2.45) is 0 Å². The number of anilines is 6. The SMILES string of the molecule is CC(C)(C)c1ccc2cc(N3c4cccc5c4B(c4c3sc3cc(C(C)(C)C)ccc43)c3c(sc4cc(C(C)(C)C)ccc34)N5c3cc4ccc(C(C)(C)C)cc4s3)sc2c1. The van der Waals surface area contributed by atoms with Crippen molar-refractivity contribution in [2.45, 2.75) is 105 Å². The molecule has 9 aromatic rings. The second-order valence-electron chi connectivity index (χ2n) is 21.6. The first-order valence-corrected chi connectivity index (χ1v) is 25.0. The fraction of sp³-hybridized carbons (Fsp3) is 0.296. The van der Waals surface area contributed by atoms with E-state index in [0.717, 1.165) is 0 Å². The molecule has 11 rings (SSSR count). The van der Waals surface area contributed by atoms with Gasteiger partial charge in [-0.25, -0.2) is 0 Å². The van der Waals surface area contributed by atoms with Crippen molar-refractivity contribution in [1.29, 1.82) is 0 Å². The van der Waals surface area contributed by atoms with E-state index in [2.05, 4.69) is 196 Å². The fourth-order valence-electron chi connectivity index (χ4n) is 9.53. The maximum Gasteiger partial charge on any atom is 0.256 e. The second kappa shape index (κ2) is 13.1. The molecule has 2 nitrogen and oxygen atoms in total. The average Bonchev–Trinajstić information content (AvgIpc) is 3.97. The summed E-state index contributed by atoms with van der Waals surface area (Å²) in [6.45, 7) is 28.0. The third-order valence-corrected chi connectivity index (χ3v) is 17.6. The van der Waals surface area contributed by atoms with Crippen LogP contribution in [-0.4, -0.2) is 6.71 Å². The Labute approximate surface area is 377 Å². The monoisotopic (exact) mass is 868 g/mol. The number of hydrogen-bond acceptors (Lipinski definition) is 6. The van der Waals surface area contributed by atoms with E-state index in [1.54, 1.807) is 0 Å². The van der Waals surface area contributed by atoms with Gasteiger partial charge in [-0.2, -0.15) is 0 Å². The highest BCUT2D eigenvalue weighted by atomic mass is 32.1. The molecule has 0 fully saturated rings. The van der Waals surface area contributed by atoms with E-state index in [0.29, 0.717) is 0 Å². The van der Waals surface area contributed by atoms with Gasteiger partial charge in [0.2, 0.25) is 0 Å². The van der Waals surface area contributed by atoms with Crippen molar-refractivity contribution in [3.8, 4) is 0 Å². The minimum atomic E-state index is 0.0511. The van der Waals surface area contributed by atoms with Crippen molar-refractivity contribution in [1.82, 2.24) is 0 Å². The quantitative estimate of drug-likeness (QED) is 0.160. The lowest BCUT2D eigenvalue weighted by Gasteiger charge is -2.41. The summed E-state index contributed by atoms with van der Waals surface area (Å²) in [5.74, 6) is 0. The van der Waals surface area contributed by atoms with Crippen molar-refractivity contribution >= 4 is 140 Å². The molecule has 0 amide bonds. The molecule has 0 bridgehead atoms. The van der Waals surface area contributed by atoms with E-state index >= 15 is 0 Å². The molecule has 5 aromatic carbocycles. The summed E-state index contributed by atoms with van der Waals surface area (Å²) in [6, 6.07) is 40.9. The first-order valence-electron chi connectivity index (χ1n) is 21.7. The van der Waals surface area contributed by atoms with Crippen molar-refractivity contribution in [3.63, 3.8) is 0 Å². The molecule has 0 unspecified atom stereocenters. The molecule has 306 valence electrons. The smallest absolute Gasteiger partial charge is 0.256 e. The zero-order valence-electron chi connectivity index (χ0n) is 37.4. The first-order chi connectivity index (χ1) is 28.7. The summed E-state index contributed by atoms with van der Waals surface area (Å²) in [5.41, 5.74) is 12.6. The van der Waals surface area contributed by atoms with Gasteiger partial charge in [-0.1, -0.05) is 138 Å². The Bertz CT molecular complexity index is 3060. The molecule has 0 atom stereocenters. The van der Waals surface area contributed by atoms with Crippen LogP contribution in [0.2, 0.25) is 0 Å². The van der Waals surface area contributed by atoms with E-state index in [4.69, 9.17) is 0 Å². The molecule has 0 radical (unpaired) electrons. The molecular weight excluding hydrogens is 816 g/mol. The van der Waals surface area contributed by atoms with Gasteiger partial charge >= 0.3 is 0 Å². The van der Waals surface area contributed by atoms with Crippen molar-refractivity contribution in [2.75, 3.05) is 9.80 Å². The Balaban J connectivity index is 1.23. The van der Waals surface area contributed by atoms with Gasteiger partial charge in [0.15, 0.2) is 0 Å². The molecule has 2 aliphatic rings. The molecule has 61 heavy (non-hydrogen) atoms. The largest absolute Gasteiger partial charge is 0.294 e. The maximum atomic E-state index is 2.64. The lowest BCUT2D eigenvalue weighted by atomic mass is 9.34. The molecule has 7 heteroatoms. The molecule has 0 spiro atoms. The third-order valence-electron chi connectivity index (χ3n) is 13.2. The van der Waals surface area contributed by atoms with Crippen LogP contribution in [-0.2, 0) is 21.7 Å². The Morgan fingerprint density at radius 1 is 0.377 bits per heavy atom. The topological polar surface area (TPSA) is 6.48 Å². The summed E-state index contributed by atoms with van der Waals surface area (Å²) in [7, 11) is 0. The van der Waals surface area contributed by atoms with Gasteiger partial charge in [0.25, 0.3) is 6.71 Å². The van der Waals surface area contributed by atoms with Gasteiger partial charge in [0.1, 0.15) is 10.0 Å². The lowest BCUT2D eigenvalue weighted by Crippen LogP contribution is -2.60. The normalized spacial score (nSPS) is 14.5. The van der Waals surface area contributed by atoms with E-state index in [1.807, 2.05) is 45.3 Å². The number of rotatable bonds is 2. The van der Waals surface area contributed by atoms with Crippen LogP contribution < -0.4 is 26.2 Å². The van der Waals surface area contributed by atoms with Crippen LogP contribution >= 0.6 is 45.3 Å². The van der Waals surface area contributed by atoms with Crippen LogP contribution in [0.4, 0.5) is 31.4 Å². The Kier molecular flexibility index (Phi) is 8.46. The van der Waals surface area contributed by atoms with E-state index in [1.165, 1.54) is 110 Å². The molecule has 0 aliphatic carbocycles. The van der Waals surface area contributed by atoms with Crippen LogP contribution in [0.3, 0.4) is 0 Å². The molecule has 2 aliphatic heterocycles. The zero-order valence-corrected chi connectivity index (χ0v) is 40.7. The van der Waals surface area contributed by atoms with Gasteiger partial charge in [-0.3, -0.25) is 9.80 Å². The van der Waals surface area contributed by atoms with Crippen molar-refractivity contribution in [3.05, 3.63) is 125 Å². The van der Waals surface area contributed by atoms with E-state index < -0.39 is 0 Å². The molecule has 0 saturated carbocycles. The van der Waals surface area contributed by atoms with Gasteiger partial charge in [0, 0.05) is 30.2 Å². The van der Waals surface area contributed by atoms with Crippen LogP contribution in [0.15, 0.2) is 103 Å². The second-order valence-corrected chi connectivity index (χ2v) is 25.7. The fourth-order valence-corrected chi connectivity index (χ4v) is 14.5. The highest BCUT2D eigenvalue weighted by Gasteiger charge is 2.47.